The maximum absolute atomic E-state index is 10.0. The summed E-state index contributed by atoms with van der Waals surface area (Å²) in [5.74, 6) is 0. The van der Waals surface area contributed by atoms with Gasteiger partial charge in [-0.05, 0) is 36.3 Å². The summed E-state index contributed by atoms with van der Waals surface area (Å²) in [5, 5.41) is 10.0. The van der Waals surface area contributed by atoms with E-state index >= 15 is 0 Å². The van der Waals surface area contributed by atoms with Gasteiger partial charge in [-0.15, -0.1) is 0 Å². The van der Waals surface area contributed by atoms with Crippen molar-refractivity contribution in [1.82, 2.24) is 0 Å². The molecule has 1 nitrogen and oxygen atoms in total. The Morgan fingerprint density at radius 2 is 1.88 bits per heavy atom. The highest BCUT2D eigenvalue weighted by Crippen LogP contribution is 2.23. The van der Waals surface area contributed by atoms with E-state index < -0.39 is 0 Å². The fourth-order valence-corrected chi connectivity index (χ4v) is 2.33. The standard InChI is InChI=1S/C15H23BrO/c1-15(2,3)10-6-8-13(17)11-12-7-4-5-9-14(12)16/h4-5,7,9,13,17H,6,8,10-11H2,1-3H3. The van der Waals surface area contributed by atoms with E-state index in [2.05, 4.69) is 42.8 Å². The van der Waals surface area contributed by atoms with Gasteiger partial charge >= 0.3 is 0 Å². The van der Waals surface area contributed by atoms with Crippen molar-refractivity contribution in [3.8, 4) is 0 Å². The first-order valence-electron chi connectivity index (χ1n) is 6.30. The predicted molar refractivity (Wildman–Crippen MR) is 77.2 cm³/mol. The molecule has 0 aliphatic carbocycles. The van der Waals surface area contributed by atoms with E-state index in [4.69, 9.17) is 0 Å². The summed E-state index contributed by atoms with van der Waals surface area (Å²) in [7, 11) is 0. The van der Waals surface area contributed by atoms with Crippen LogP contribution in [-0.2, 0) is 6.42 Å². The summed E-state index contributed by atoms with van der Waals surface area (Å²) in [6, 6.07) is 8.11. The molecule has 1 unspecified atom stereocenters. The van der Waals surface area contributed by atoms with Crippen molar-refractivity contribution in [2.45, 2.75) is 52.6 Å². The Labute approximate surface area is 113 Å². The van der Waals surface area contributed by atoms with E-state index in [0.29, 0.717) is 5.41 Å². The highest BCUT2D eigenvalue weighted by Gasteiger charge is 2.12. The minimum Gasteiger partial charge on any atom is -0.393 e. The highest BCUT2D eigenvalue weighted by atomic mass is 79.9. The van der Waals surface area contributed by atoms with Crippen molar-refractivity contribution in [1.29, 1.82) is 0 Å². The van der Waals surface area contributed by atoms with Gasteiger partial charge in [-0.1, -0.05) is 61.3 Å². The Bertz CT molecular complexity index is 341. The molecule has 0 saturated heterocycles. The summed E-state index contributed by atoms with van der Waals surface area (Å²) in [6.07, 6.45) is 3.66. The molecule has 0 aromatic heterocycles. The quantitative estimate of drug-likeness (QED) is 0.844. The molecule has 0 heterocycles. The van der Waals surface area contributed by atoms with Crippen molar-refractivity contribution in [3.05, 3.63) is 34.3 Å². The van der Waals surface area contributed by atoms with E-state index in [1.807, 2.05) is 18.2 Å². The van der Waals surface area contributed by atoms with E-state index in [1.54, 1.807) is 0 Å². The number of hydrogen-bond donors (Lipinski definition) is 1. The van der Waals surface area contributed by atoms with Crippen LogP contribution in [0.3, 0.4) is 0 Å². The minimum atomic E-state index is -0.226. The van der Waals surface area contributed by atoms with Crippen LogP contribution in [0.4, 0.5) is 0 Å². The maximum Gasteiger partial charge on any atom is 0.0581 e. The van der Waals surface area contributed by atoms with Crippen LogP contribution in [0, 0.1) is 5.41 Å². The molecule has 1 N–H and O–H groups in total. The van der Waals surface area contributed by atoms with Crippen LogP contribution in [0.15, 0.2) is 28.7 Å². The van der Waals surface area contributed by atoms with Gasteiger partial charge in [0.1, 0.15) is 0 Å². The molecule has 0 bridgehead atoms. The molecule has 0 aliphatic heterocycles. The normalized spacial score (nSPS) is 13.7. The molecule has 1 atom stereocenters. The van der Waals surface area contributed by atoms with Crippen LogP contribution in [0.25, 0.3) is 0 Å². The predicted octanol–water partition coefficient (Wildman–Crippen LogP) is 4.57. The minimum absolute atomic E-state index is 0.226. The van der Waals surface area contributed by atoms with Crippen LogP contribution >= 0.6 is 15.9 Å². The number of aliphatic hydroxyl groups excluding tert-OH is 1. The van der Waals surface area contributed by atoms with Crippen molar-refractivity contribution in [3.63, 3.8) is 0 Å². The van der Waals surface area contributed by atoms with Crippen LogP contribution in [0.1, 0.15) is 45.6 Å². The van der Waals surface area contributed by atoms with E-state index in [-0.39, 0.29) is 6.10 Å². The molecule has 0 radical (unpaired) electrons. The lowest BCUT2D eigenvalue weighted by Gasteiger charge is -2.19. The lowest BCUT2D eigenvalue weighted by molar-refractivity contribution is 0.155. The fraction of sp³-hybridized carbons (Fsp3) is 0.600. The average Bonchev–Trinajstić information content (AvgIpc) is 2.19. The number of hydrogen-bond acceptors (Lipinski definition) is 1. The first kappa shape index (κ1) is 14.7. The Morgan fingerprint density at radius 3 is 2.47 bits per heavy atom. The molecular weight excluding hydrogens is 276 g/mol. The number of benzene rings is 1. The molecule has 0 aliphatic rings. The first-order valence-corrected chi connectivity index (χ1v) is 7.09. The van der Waals surface area contributed by atoms with Crippen molar-refractivity contribution >= 4 is 15.9 Å². The van der Waals surface area contributed by atoms with Gasteiger partial charge in [-0.25, -0.2) is 0 Å². The van der Waals surface area contributed by atoms with Gasteiger partial charge in [0.05, 0.1) is 6.10 Å². The fourth-order valence-electron chi connectivity index (χ4n) is 1.89. The van der Waals surface area contributed by atoms with Gasteiger partial charge in [0.2, 0.25) is 0 Å². The van der Waals surface area contributed by atoms with Crippen molar-refractivity contribution < 1.29 is 5.11 Å². The zero-order valence-electron chi connectivity index (χ0n) is 11.0. The second-order valence-corrected chi connectivity index (χ2v) is 6.76. The Morgan fingerprint density at radius 1 is 1.24 bits per heavy atom. The second-order valence-electron chi connectivity index (χ2n) is 5.90. The van der Waals surface area contributed by atoms with E-state index in [9.17, 15) is 5.11 Å². The number of aliphatic hydroxyl groups is 1. The Kier molecular flexibility index (Phi) is 5.68. The third-order valence-electron chi connectivity index (χ3n) is 2.88. The van der Waals surface area contributed by atoms with E-state index in [0.717, 1.165) is 23.7 Å². The lowest BCUT2D eigenvalue weighted by atomic mass is 9.89. The molecular formula is C15H23BrO. The molecule has 17 heavy (non-hydrogen) atoms. The van der Waals surface area contributed by atoms with Crippen LogP contribution in [0.5, 0.6) is 0 Å². The molecule has 0 amide bonds. The molecule has 0 fully saturated rings. The SMILES string of the molecule is CC(C)(C)CCCC(O)Cc1ccccc1Br. The molecule has 0 spiro atoms. The lowest BCUT2D eigenvalue weighted by Crippen LogP contribution is -2.13. The Balaban J connectivity index is 2.35. The monoisotopic (exact) mass is 298 g/mol. The first-order chi connectivity index (χ1) is 7.88. The van der Waals surface area contributed by atoms with Gasteiger partial charge in [0.15, 0.2) is 0 Å². The summed E-state index contributed by atoms with van der Waals surface area (Å²) in [6.45, 7) is 6.73. The topological polar surface area (TPSA) is 20.2 Å². The van der Waals surface area contributed by atoms with Crippen LogP contribution in [0.2, 0.25) is 0 Å². The van der Waals surface area contributed by atoms with Gasteiger partial charge in [0.25, 0.3) is 0 Å². The van der Waals surface area contributed by atoms with Crippen molar-refractivity contribution in [2.75, 3.05) is 0 Å². The molecule has 1 aromatic rings. The number of rotatable bonds is 5. The van der Waals surface area contributed by atoms with Gasteiger partial charge in [-0.2, -0.15) is 0 Å². The third-order valence-corrected chi connectivity index (χ3v) is 3.65. The van der Waals surface area contributed by atoms with Crippen molar-refractivity contribution in [2.24, 2.45) is 5.41 Å². The molecule has 0 saturated carbocycles. The average molecular weight is 299 g/mol. The van der Waals surface area contributed by atoms with E-state index in [1.165, 1.54) is 12.0 Å². The second kappa shape index (κ2) is 6.55. The zero-order chi connectivity index (χ0) is 12.9. The molecule has 96 valence electrons. The number of halogens is 1. The van der Waals surface area contributed by atoms with Crippen LogP contribution < -0.4 is 0 Å². The summed E-state index contributed by atoms with van der Waals surface area (Å²) in [5.41, 5.74) is 1.56. The Hall–Kier alpha value is -0.340. The maximum atomic E-state index is 10.0. The van der Waals surface area contributed by atoms with Gasteiger partial charge in [-0.3, -0.25) is 0 Å². The summed E-state index contributed by atoms with van der Waals surface area (Å²) < 4.78 is 1.09. The van der Waals surface area contributed by atoms with Gasteiger partial charge < -0.3 is 5.11 Å². The summed E-state index contributed by atoms with van der Waals surface area (Å²) >= 11 is 3.51. The van der Waals surface area contributed by atoms with Crippen LogP contribution in [-0.4, -0.2) is 11.2 Å². The highest BCUT2D eigenvalue weighted by molar-refractivity contribution is 9.10. The largest absolute Gasteiger partial charge is 0.393 e. The zero-order valence-corrected chi connectivity index (χ0v) is 12.6. The molecule has 2 heteroatoms. The molecule has 1 rings (SSSR count). The smallest absolute Gasteiger partial charge is 0.0581 e. The summed E-state index contributed by atoms with van der Waals surface area (Å²) in [4.78, 5) is 0. The molecule has 1 aromatic carbocycles. The van der Waals surface area contributed by atoms with Gasteiger partial charge in [0, 0.05) is 4.47 Å². The third kappa shape index (κ3) is 6.23.